The average Bonchev–Trinajstić information content (AvgIpc) is 3.47. The van der Waals surface area contributed by atoms with Gasteiger partial charge in [0, 0.05) is 17.3 Å². The zero-order valence-corrected chi connectivity index (χ0v) is 16.3. The van der Waals surface area contributed by atoms with Crippen LogP contribution in [0.1, 0.15) is 24.4 Å². The number of benzene rings is 2. The number of quaternary nitrogens is 1. The van der Waals surface area contributed by atoms with Crippen LogP contribution in [0.15, 0.2) is 54.6 Å². The van der Waals surface area contributed by atoms with Crippen molar-refractivity contribution in [1.29, 1.82) is 0 Å². The number of hydrogen-bond acceptors (Lipinski definition) is 3. The predicted molar refractivity (Wildman–Crippen MR) is 104 cm³/mol. The fourth-order valence-corrected chi connectivity index (χ4v) is 3.12. The van der Waals surface area contributed by atoms with Crippen molar-refractivity contribution in [3.05, 3.63) is 60.2 Å². The third-order valence-electron chi connectivity index (χ3n) is 4.62. The Labute approximate surface area is 172 Å². The highest BCUT2D eigenvalue weighted by atomic mass is 19.4. The van der Waals surface area contributed by atoms with Crippen LogP contribution < -0.4 is 20.3 Å². The van der Waals surface area contributed by atoms with E-state index in [4.69, 9.17) is 0 Å². The van der Waals surface area contributed by atoms with Crippen molar-refractivity contribution in [2.75, 3.05) is 18.9 Å². The van der Waals surface area contributed by atoms with Crippen LogP contribution >= 0.6 is 0 Å². The van der Waals surface area contributed by atoms with Gasteiger partial charge >= 0.3 is 6.36 Å². The Kier molecular flexibility index (Phi) is 6.61. The maximum absolute atomic E-state index is 12.8. The van der Waals surface area contributed by atoms with Crippen molar-refractivity contribution in [3.8, 4) is 5.75 Å². The number of hydrogen-bond donors (Lipinski definition) is 3. The average molecular weight is 422 g/mol. The second-order valence-electron chi connectivity index (χ2n) is 7.27. The molecule has 0 saturated heterocycles. The number of carbonyl (C=O) groups is 2. The number of carbonyl (C=O) groups excluding carboxylic acids is 2. The van der Waals surface area contributed by atoms with Crippen LogP contribution in [0, 0.1) is 0 Å². The summed E-state index contributed by atoms with van der Waals surface area (Å²) in [6.07, 6.45) is -2.86. The van der Waals surface area contributed by atoms with E-state index in [0.29, 0.717) is 10.6 Å². The molecule has 0 spiro atoms. The van der Waals surface area contributed by atoms with Crippen molar-refractivity contribution in [2.24, 2.45) is 0 Å². The molecule has 2 amide bonds. The Morgan fingerprint density at radius 2 is 1.73 bits per heavy atom. The lowest BCUT2D eigenvalue weighted by atomic mass is 10.0. The molecule has 2 atom stereocenters. The first-order valence-corrected chi connectivity index (χ1v) is 9.54. The zero-order chi connectivity index (χ0) is 21.7. The highest BCUT2D eigenvalue weighted by molar-refractivity contribution is 5.91. The summed E-state index contributed by atoms with van der Waals surface area (Å²) in [5, 5.41) is 5.62. The Hall–Kier alpha value is -3.07. The lowest BCUT2D eigenvalue weighted by Gasteiger charge is -2.24. The largest absolute Gasteiger partial charge is 0.573 e. The molecule has 160 valence electrons. The van der Waals surface area contributed by atoms with Gasteiger partial charge in [-0.1, -0.05) is 30.3 Å². The van der Waals surface area contributed by atoms with Crippen molar-refractivity contribution in [3.63, 3.8) is 0 Å². The van der Waals surface area contributed by atoms with Crippen LogP contribution in [0.5, 0.6) is 5.75 Å². The van der Waals surface area contributed by atoms with Gasteiger partial charge in [0.2, 0.25) is 0 Å². The molecule has 1 unspecified atom stereocenters. The van der Waals surface area contributed by atoms with E-state index >= 15 is 0 Å². The van der Waals surface area contributed by atoms with Crippen molar-refractivity contribution in [2.45, 2.75) is 31.3 Å². The molecule has 6 nitrogen and oxygen atoms in total. The summed E-state index contributed by atoms with van der Waals surface area (Å²) >= 11 is 0. The molecule has 1 saturated carbocycles. The van der Waals surface area contributed by atoms with E-state index < -0.39 is 12.4 Å². The van der Waals surface area contributed by atoms with Gasteiger partial charge < -0.3 is 20.3 Å². The number of rotatable bonds is 8. The van der Waals surface area contributed by atoms with Crippen molar-refractivity contribution < 1.29 is 32.4 Å². The van der Waals surface area contributed by atoms with Gasteiger partial charge in [0.05, 0.1) is 7.05 Å². The highest BCUT2D eigenvalue weighted by Crippen LogP contribution is 2.24. The molecule has 0 aromatic heterocycles. The number of nitrogens with one attached hydrogen (secondary N) is 3. The molecule has 0 aliphatic heterocycles. The van der Waals surface area contributed by atoms with E-state index in [2.05, 4.69) is 15.4 Å². The summed E-state index contributed by atoms with van der Waals surface area (Å²) in [5.74, 6) is -0.871. The van der Waals surface area contributed by atoms with Gasteiger partial charge in [0.1, 0.15) is 5.75 Å². The normalized spacial score (nSPS) is 15.7. The first-order valence-electron chi connectivity index (χ1n) is 9.54. The topological polar surface area (TPSA) is 71.9 Å². The molecule has 1 aliphatic rings. The lowest BCUT2D eigenvalue weighted by molar-refractivity contribution is -0.894. The number of halogens is 3. The maximum Gasteiger partial charge on any atom is 0.573 e. The van der Waals surface area contributed by atoms with Gasteiger partial charge in [-0.15, -0.1) is 13.2 Å². The quantitative estimate of drug-likeness (QED) is 0.610. The van der Waals surface area contributed by atoms with Gasteiger partial charge in [-0.25, -0.2) is 0 Å². The molecule has 9 heteroatoms. The molecule has 3 N–H and O–H groups in total. The van der Waals surface area contributed by atoms with Crippen LogP contribution in [0.4, 0.5) is 18.9 Å². The van der Waals surface area contributed by atoms with E-state index in [0.717, 1.165) is 30.5 Å². The van der Waals surface area contributed by atoms with E-state index in [1.165, 1.54) is 12.1 Å². The van der Waals surface area contributed by atoms with Crippen molar-refractivity contribution in [1.82, 2.24) is 5.32 Å². The van der Waals surface area contributed by atoms with Crippen LogP contribution in [0.25, 0.3) is 0 Å². The molecule has 2 aromatic rings. The number of anilines is 1. The lowest BCUT2D eigenvalue weighted by Crippen LogP contribution is -3.11. The number of ether oxygens (including phenoxy) is 1. The first kappa shape index (κ1) is 21.6. The number of amides is 2. The fourth-order valence-electron chi connectivity index (χ4n) is 3.12. The van der Waals surface area contributed by atoms with Gasteiger partial charge in [0.15, 0.2) is 12.6 Å². The summed E-state index contributed by atoms with van der Waals surface area (Å²) in [7, 11) is 1.75. The second-order valence-corrected chi connectivity index (χ2v) is 7.27. The molecule has 1 fully saturated rings. The van der Waals surface area contributed by atoms with Gasteiger partial charge in [-0.05, 0) is 37.1 Å². The third kappa shape index (κ3) is 6.48. The number of likely N-dealkylation sites (N-methyl/N-ethyl adjacent to an activating group) is 1. The standard InChI is InChI=1S/C21H22F3N3O3/c1-27(19(14-5-3-2-4-6-14)20(29)26-16-7-8-16)13-18(28)25-15-9-11-17(12-10-15)30-21(22,23)24/h2-6,9-12,16,19H,7-8,13H2,1H3,(H,25,28)(H,26,29)/p+1/t19-/m1/s1. The first-order chi connectivity index (χ1) is 14.2. The van der Waals surface area contributed by atoms with Crippen LogP contribution in [0.3, 0.4) is 0 Å². The highest BCUT2D eigenvalue weighted by Gasteiger charge is 2.34. The van der Waals surface area contributed by atoms with Crippen LogP contribution in [-0.4, -0.2) is 37.8 Å². The Bertz CT molecular complexity index is 869. The third-order valence-corrected chi connectivity index (χ3v) is 4.62. The summed E-state index contributed by atoms with van der Waals surface area (Å²) in [6.45, 7) is -0.00154. The summed E-state index contributed by atoms with van der Waals surface area (Å²) < 4.78 is 40.5. The molecule has 0 radical (unpaired) electrons. The monoisotopic (exact) mass is 422 g/mol. The maximum atomic E-state index is 12.8. The molecule has 0 heterocycles. The minimum Gasteiger partial charge on any atom is -0.406 e. The Balaban J connectivity index is 1.62. The molecular weight excluding hydrogens is 399 g/mol. The molecular formula is C21H23F3N3O3+. The summed E-state index contributed by atoms with van der Waals surface area (Å²) in [4.78, 5) is 25.9. The van der Waals surface area contributed by atoms with E-state index in [-0.39, 0.29) is 30.2 Å². The minimum atomic E-state index is -4.77. The fraction of sp³-hybridized carbons (Fsp3) is 0.333. The predicted octanol–water partition coefficient (Wildman–Crippen LogP) is 2.06. The Morgan fingerprint density at radius 1 is 1.10 bits per heavy atom. The van der Waals surface area contributed by atoms with Gasteiger partial charge in [-0.2, -0.15) is 0 Å². The summed E-state index contributed by atoms with van der Waals surface area (Å²) in [5.41, 5.74) is 1.13. The molecule has 0 bridgehead atoms. The molecule has 2 aromatic carbocycles. The zero-order valence-electron chi connectivity index (χ0n) is 16.3. The smallest absolute Gasteiger partial charge is 0.406 e. The molecule has 30 heavy (non-hydrogen) atoms. The van der Waals surface area contributed by atoms with Crippen LogP contribution in [-0.2, 0) is 9.59 Å². The number of alkyl halides is 3. The molecule has 3 rings (SSSR count). The summed E-state index contributed by atoms with van der Waals surface area (Å²) in [6, 6.07) is 13.7. The molecule has 1 aliphatic carbocycles. The van der Waals surface area contributed by atoms with Gasteiger partial charge in [0.25, 0.3) is 11.8 Å². The Morgan fingerprint density at radius 3 is 2.30 bits per heavy atom. The van der Waals surface area contributed by atoms with Crippen molar-refractivity contribution >= 4 is 17.5 Å². The van der Waals surface area contributed by atoms with E-state index in [9.17, 15) is 22.8 Å². The minimum absolute atomic E-state index is 0.00154. The van der Waals surface area contributed by atoms with Crippen LogP contribution in [0.2, 0.25) is 0 Å². The van der Waals surface area contributed by atoms with E-state index in [1.807, 2.05) is 30.3 Å². The van der Waals surface area contributed by atoms with E-state index in [1.54, 1.807) is 7.05 Å². The SMILES string of the molecule is C[NH+](CC(=O)Nc1ccc(OC(F)(F)F)cc1)[C@@H](C(=O)NC1CC1)c1ccccc1. The second kappa shape index (κ2) is 9.17. The van der Waals surface area contributed by atoms with Gasteiger partial charge in [-0.3, -0.25) is 9.59 Å².